The third-order valence-corrected chi connectivity index (χ3v) is 3.47. The van der Waals surface area contributed by atoms with Gasteiger partial charge in [-0.3, -0.25) is 0 Å². The molecule has 1 aliphatic rings. The van der Waals surface area contributed by atoms with Gasteiger partial charge in [-0.2, -0.15) is 4.98 Å². The van der Waals surface area contributed by atoms with E-state index < -0.39 is 6.10 Å². The molecule has 1 unspecified atom stereocenters. The summed E-state index contributed by atoms with van der Waals surface area (Å²) in [7, 11) is 4.08. The van der Waals surface area contributed by atoms with E-state index in [-0.39, 0.29) is 0 Å². The van der Waals surface area contributed by atoms with Crippen LogP contribution in [0.3, 0.4) is 0 Å². The Hall–Kier alpha value is -1.72. The van der Waals surface area contributed by atoms with Gasteiger partial charge in [0.25, 0.3) is 5.89 Å². The van der Waals surface area contributed by atoms with Crippen molar-refractivity contribution in [2.24, 2.45) is 5.92 Å². The SMILES string of the molecule is CN(C)Cc1ccc(-c2noc(C(O)C3CC3)n2)cc1. The van der Waals surface area contributed by atoms with Crippen molar-refractivity contribution in [3.63, 3.8) is 0 Å². The van der Waals surface area contributed by atoms with Gasteiger partial charge in [0.2, 0.25) is 5.82 Å². The zero-order valence-corrected chi connectivity index (χ0v) is 11.8. The fourth-order valence-corrected chi connectivity index (χ4v) is 2.21. The summed E-state index contributed by atoms with van der Waals surface area (Å²) < 4.78 is 5.16. The maximum absolute atomic E-state index is 9.96. The summed E-state index contributed by atoms with van der Waals surface area (Å²) >= 11 is 0. The summed E-state index contributed by atoms with van der Waals surface area (Å²) in [4.78, 5) is 6.41. The average Bonchev–Trinajstić information content (AvgIpc) is 3.16. The number of aromatic nitrogens is 2. The van der Waals surface area contributed by atoms with E-state index in [4.69, 9.17) is 4.52 Å². The molecule has 1 N–H and O–H groups in total. The van der Waals surface area contributed by atoms with Gasteiger partial charge >= 0.3 is 0 Å². The Morgan fingerprint density at radius 3 is 2.60 bits per heavy atom. The Labute approximate surface area is 118 Å². The highest BCUT2D eigenvalue weighted by molar-refractivity contribution is 5.54. The predicted molar refractivity (Wildman–Crippen MR) is 74.8 cm³/mol. The van der Waals surface area contributed by atoms with Gasteiger partial charge in [-0.1, -0.05) is 29.4 Å². The first-order valence-electron chi connectivity index (χ1n) is 6.89. The van der Waals surface area contributed by atoms with Gasteiger partial charge in [-0.05, 0) is 38.4 Å². The van der Waals surface area contributed by atoms with E-state index in [0.29, 0.717) is 17.6 Å². The van der Waals surface area contributed by atoms with Crippen LogP contribution in [0.1, 0.15) is 30.4 Å². The second-order valence-corrected chi connectivity index (χ2v) is 5.67. The second-order valence-electron chi connectivity index (χ2n) is 5.67. The minimum Gasteiger partial charge on any atom is -0.383 e. The summed E-state index contributed by atoms with van der Waals surface area (Å²) in [5.41, 5.74) is 2.14. The summed E-state index contributed by atoms with van der Waals surface area (Å²) in [6, 6.07) is 8.08. The van der Waals surface area contributed by atoms with E-state index in [9.17, 15) is 5.11 Å². The van der Waals surface area contributed by atoms with Crippen molar-refractivity contribution >= 4 is 0 Å². The lowest BCUT2D eigenvalue weighted by atomic mass is 10.1. The van der Waals surface area contributed by atoms with Crippen LogP contribution in [-0.2, 0) is 6.54 Å². The van der Waals surface area contributed by atoms with Crippen molar-refractivity contribution in [1.82, 2.24) is 15.0 Å². The molecule has 20 heavy (non-hydrogen) atoms. The fourth-order valence-electron chi connectivity index (χ4n) is 2.21. The fraction of sp³-hybridized carbons (Fsp3) is 0.467. The van der Waals surface area contributed by atoms with Gasteiger partial charge in [-0.15, -0.1) is 0 Å². The number of hydrogen-bond donors (Lipinski definition) is 1. The normalized spacial score (nSPS) is 16.6. The molecule has 1 aromatic heterocycles. The summed E-state index contributed by atoms with van der Waals surface area (Å²) in [5, 5.41) is 13.9. The minimum absolute atomic E-state index is 0.297. The lowest BCUT2D eigenvalue weighted by molar-refractivity contribution is 0.112. The van der Waals surface area contributed by atoms with Gasteiger partial charge in [0, 0.05) is 12.1 Å². The molecular formula is C15H19N3O2. The van der Waals surface area contributed by atoms with Gasteiger partial charge < -0.3 is 14.5 Å². The molecule has 1 saturated carbocycles. The Morgan fingerprint density at radius 2 is 2.00 bits per heavy atom. The topological polar surface area (TPSA) is 62.4 Å². The number of benzene rings is 1. The number of hydrogen-bond acceptors (Lipinski definition) is 5. The van der Waals surface area contributed by atoms with Crippen molar-refractivity contribution in [3.05, 3.63) is 35.7 Å². The average molecular weight is 273 g/mol. The van der Waals surface area contributed by atoms with E-state index in [2.05, 4.69) is 27.2 Å². The van der Waals surface area contributed by atoms with Crippen LogP contribution in [0.25, 0.3) is 11.4 Å². The molecule has 1 heterocycles. The molecule has 0 saturated heterocycles. The first-order valence-corrected chi connectivity index (χ1v) is 6.89. The van der Waals surface area contributed by atoms with Crippen LogP contribution in [0, 0.1) is 5.92 Å². The molecule has 0 radical (unpaired) electrons. The van der Waals surface area contributed by atoms with Crippen molar-refractivity contribution in [2.75, 3.05) is 14.1 Å². The van der Waals surface area contributed by atoms with Crippen molar-refractivity contribution in [2.45, 2.75) is 25.5 Å². The quantitative estimate of drug-likeness (QED) is 0.905. The van der Waals surface area contributed by atoms with Crippen LogP contribution in [0.5, 0.6) is 0 Å². The highest BCUT2D eigenvalue weighted by Crippen LogP contribution is 2.40. The second kappa shape index (κ2) is 5.34. The van der Waals surface area contributed by atoms with E-state index in [1.165, 1.54) is 5.56 Å². The van der Waals surface area contributed by atoms with Gasteiger partial charge in [0.15, 0.2) is 0 Å². The van der Waals surface area contributed by atoms with Gasteiger partial charge in [0.1, 0.15) is 6.10 Å². The summed E-state index contributed by atoms with van der Waals surface area (Å²) in [6.45, 7) is 0.901. The van der Waals surface area contributed by atoms with E-state index in [1.807, 2.05) is 26.2 Å². The Morgan fingerprint density at radius 1 is 1.30 bits per heavy atom. The van der Waals surface area contributed by atoms with Crippen LogP contribution in [0.4, 0.5) is 0 Å². The summed E-state index contributed by atoms with van der Waals surface area (Å²) in [6.07, 6.45) is 1.47. The molecule has 0 amide bonds. The molecule has 0 aliphatic heterocycles. The van der Waals surface area contributed by atoms with Crippen LogP contribution in [-0.4, -0.2) is 34.2 Å². The molecular weight excluding hydrogens is 254 g/mol. The van der Waals surface area contributed by atoms with Crippen LogP contribution >= 0.6 is 0 Å². The zero-order chi connectivity index (χ0) is 14.1. The van der Waals surface area contributed by atoms with Gasteiger partial charge in [-0.25, -0.2) is 0 Å². The monoisotopic (exact) mass is 273 g/mol. The van der Waals surface area contributed by atoms with E-state index >= 15 is 0 Å². The zero-order valence-electron chi connectivity index (χ0n) is 11.8. The molecule has 5 nitrogen and oxygen atoms in total. The van der Waals surface area contributed by atoms with Crippen molar-refractivity contribution in [1.29, 1.82) is 0 Å². The van der Waals surface area contributed by atoms with Crippen LogP contribution in [0.15, 0.2) is 28.8 Å². The van der Waals surface area contributed by atoms with Crippen LogP contribution < -0.4 is 0 Å². The molecule has 0 bridgehead atoms. The molecule has 1 aromatic carbocycles. The number of aliphatic hydroxyl groups excluding tert-OH is 1. The molecule has 2 aromatic rings. The largest absolute Gasteiger partial charge is 0.383 e. The molecule has 3 rings (SSSR count). The molecule has 5 heteroatoms. The number of nitrogens with zero attached hydrogens (tertiary/aromatic N) is 3. The van der Waals surface area contributed by atoms with E-state index in [0.717, 1.165) is 24.9 Å². The highest BCUT2D eigenvalue weighted by Gasteiger charge is 2.34. The molecule has 1 fully saturated rings. The van der Waals surface area contributed by atoms with Gasteiger partial charge in [0.05, 0.1) is 0 Å². The molecule has 1 aliphatic carbocycles. The first kappa shape index (κ1) is 13.3. The maximum atomic E-state index is 9.96. The number of aliphatic hydroxyl groups is 1. The lowest BCUT2D eigenvalue weighted by Gasteiger charge is -2.09. The highest BCUT2D eigenvalue weighted by atomic mass is 16.5. The number of rotatable bonds is 5. The Kier molecular flexibility index (Phi) is 3.54. The molecule has 106 valence electrons. The first-order chi connectivity index (χ1) is 9.63. The van der Waals surface area contributed by atoms with E-state index in [1.54, 1.807) is 0 Å². The Bertz CT molecular complexity index is 573. The third-order valence-electron chi connectivity index (χ3n) is 3.47. The van der Waals surface area contributed by atoms with Crippen molar-refractivity contribution < 1.29 is 9.63 Å². The Balaban J connectivity index is 1.75. The molecule has 1 atom stereocenters. The lowest BCUT2D eigenvalue weighted by Crippen LogP contribution is -2.10. The smallest absolute Gasteiger partial charge is 0.256 e. The standard InChI is InChI=1S/C15H19N3O2/c1-18(2)9-10-3-5-12(6-4-10)14-16-15(20-17-14)13(19)11-7-8-11/h3-6,11,13,19H,7-9H2,1-2H3. The minimum atomic E-state index is -0.607. The molecule has 0 spiro atoms. The summed E-state index contributed by atoms with van der Waals surface area (Å²) in [5.74, 6) is 1.17. The van der Waals surface area contributed by atoms with Crippen LogP contribution in [0.2, 0.25) is 0 Å². The predicted octanol–water partition coefficient (Wildman–Crippen LogP) is 2.24. The van der Waals surface area contributed by atoms with Crippen molar-refractivity contribution in [3.8, 4) is 11.4 Å². The third kappa shape index (κ3) is 2.89. The maximum Gasteiger partial charge on any atom is 0.256 e.